The Kier molecular flexibility index (Phi) is 2.91. The summed E-state index contributed by atoms with van der Waals surface area (Å²) in [5, 5.41) is 3.03. The fourth-order valence-electron chi connectivity index (χ4n) is 2.22. The van der Waals surface area contributed by atoms with Gasteiger partial charge in [-0.3, -0.25) is 0 Å². The van der Waals surface area contributed by atoms with Crippen molar-refractivity contribution in [1.82, 2.24) is 15.0 Å². The van der Waals surface area contributed by atoms with Crippen LogP contribution in [0, 0.1) is 0 Å². The van der Waals surface area contributed by atoms with Crippen LogP contribution >= 0.6 is 0 Å². The monoisotopic (exact) mass is 252 g/mol. The molecule has 0 aliphatic heterocycles. The summed E-state index contributed by atoms with van der Waals surface area (Å²) in [6.07, 6.45) is 0.989. The number of aryl methyl sites for hydroxylation is 1. The summed E-state index contributed by atoms with van der Waals surface area (Å²) in [6, 6.07) is 12.3. The number of H-pyrrole nitrogens is 1. The molecular formula is C15H16N4. The van der Waals surface area contributed by atoms with Crippen molar-refractivity contribution in [3.8, 4) is 11.4 Å². The van der Waals surface area contributed by atoms with E-state index in [1.807, 2.05) is 25.2 Å². The molecule has 3 aromatic rings. The van der Waals surface area contributed by atoms with Gasteiger partial charge < -0.3 is 10.3 Å². The fourth-order valence-corrected chi connectivity index (χ4v) is 2.22. The number of aromatic nitrogens is 3. The van der Waals surface area contributed by atoms with E-state index in [1.165, 1.54) is 5.56 Å². The van der Waals surface area contributed by atoms with Crippen LogP contribution in [0.1, 0.15) is 12.5 Å². The highest BCUT2D eigenvalue weighted by atomic mass is 15.0. The molecule has 2 heterocycles. The predicted octanol–water partition coefficient (Wildman–Crippen LogP) is 3.23. The minimum atomic E-state index is 0.743. The second-order valence-electron chi connectivity index (χ2n) is 4.41. The molecule has 4 nitrogen and oxygen atoms in total. The van der Waals surface area contributed by atoms with Crippen molar-refractivity contribution >= 4 is 17.0 Å². The fraction of sp³-hybridized carbons (Fsp3) is 0.200. The van der Waals surface area contributed by atoms with E-state index in [0.717, 1.165) is 34.8 Å². The first-order valence-electron chi connectivity index (χ1n) is 6.44. The second kappa shape index (κ2) is 4.72. The molecule has 0 amide bonds. The summed E-state index contributed by atoms with van der Waals surface area (Å²) in [6.45, 7) is 2.15. The average molecular weight is 252 g/mol. The van der Waals surface area contributed by atoms with Gasteiger partial charge in [0.2, 0.25) is 0 Å². The van der Waals surface area contributed by atoms with Crippen LogP contribution in [0.25, 0.3) is 22.6 Å². The lowest BCUT2D eigenvalue weighted by Crippen LogP contribution is -1.91. The third-order valence-electron chi connectivity index (χ3n) is 3.26. The molecule has 0 saturated carbocycles. The van der Waals surface area contributed by atoms with Gasteiger partial charge in [-0.05, 0) is 24.1 Å². The van der Waals surface area contributed by atoms with Crippen LogP contribution in [0.2, 0.25) is 0 Å². The number of hydrogen-bond acceptors (Lipinski definition) is 3. The van der Waals surface area contributed by atoms with Crippen LogP contribution in [0.15, 0.2) is 36.4 Å². The molecule has 0 fully saturated rings. The van der Waals surface area contributed by atoms with Crippen molar-refractivity contribution in [3.05, 3.63) is 42.0 Å². The van der Waals surface area contributed by atoms with E-state index in [2.05, 4.69) is 45.4 Å². The van der Waals surface area contributed by atoms with E-state index in [1.54, 1.807) is 0 Å². The van der Waals surface area contributed by atoms with Crippen LogP contribution in [0.5, 0.6) is 0 Å². The molecule has 3 rings (SSSR count). The molecule has 19 heavy (non-hydrogen) atoms. The molecule has 0 radical (unpaired) electrons. The number of benzene rings is 1. The summed E-state index contributed by atoms with van der Waals surface area (Å²) < 4.78 is 0. The number of nitrogens with one attached hydrogen (secondary N) is 2. The zero-order valence-electron chi connectivity index (χ0n) is 11.1. The molecule has 0 unspecified atom stereocenters. The molecule has 4 heteroatoms. The van der Waals surface area contributed by atoms with Crippen LogP contribution < -0.4 is 5.32 Å². The first-order valence-corrected chi connectivity index (χ1v) is 6.44. The molecule has 0 atom stereocenters. The predicted molar refractivity (Wildman–Crippen MR) is 78.2 cm³/mol. The SMILES string of the molecule is CCc1ccccc1-c1nc2nc(NC)ccc2[nH]1. The molecule has 0 aliphatic rings. The molecule has 2 aromatic heterocycles. The smallest absolute Gasteiger partial charge is 0.180 e. The summed E-state index contributed by atoms with van der Waals surface area (Å²) in [5.74, 6) is 1.71. The minimum Gasteiger partial charge on any atom is -0.373 e. The number of rotatable bonds is 3. The van der Waals surface area contributed by atoms with E-state index in [0.29, 0.717) is 0 Å². The van der Waals surface area contributed by atoms with Crippen molar-refractivity contribution in [2.24, 2.45) is 0 Å². The van der Waals surface area contributed by atoms with Crippen molar-refractivity contribution < 1.29 is 0 Å². The van der Waals surface area contributed by atoms with Crippen molar-refractivity contribution in [2.45, 2.75) is 13.3 Å². The van der Waals surface area contributed by atoms with E-state index < -0.39 is 0 Å². The third-order valence-corrected chi connectivity index (χ3v) is 3.26. The number of anilines is 1. The van der Waals surface area contributed by atoms with Gasteiger partial charge in [-0.15, -0.1) is 0 Å². The number of nitrogens with zero attached hydrogens (tertiary/aromatic N) is 2. The van der Waals surface area contributed by atoms with Gasteiger partial charge in [0.25, 0.3) is 0 Å². The Morgan fingerprint density at radius 2 is 1.95 bits per heavy atom. The Hall–Kier alpha value is -2.36. The molecule has 0 aliphatic carbocycles. The molecule has 1 aromatic carbocycles. The molecule has 96 valence electrons. The maximum Gasteiger partial charge on any atom is 0.180 e. The van der Waals surface area contributed by atoms with E-state index in [-0.39, 0.29) is 0 Å². The highest BCUT2D eigenvalue weighted by Gasteiger charge is 2.09. The Balaban J connectivity index is 2.15. The second-order valence-corrected chi connectivity index (χ2v) is 4.41. The Morgan fingerprint density at radius 1 is 1.11 bits per heavy atom. The quantitative estimate of drug-likeness (QED) is 0.752. The summed E-state index contributed by atoms with van der Waals surface area (Å²) in [4.78, 5) is 12.4. The van der Waals surface area contributed by atoms with Crippen molar-refractivity contribution in [1.29, 1.82) is 0 Å². The van der Waals surface area contributed by atoms with Crippen LogP contribution in [-0.2, 0) is 6.42 Å². The summed E-state index contributed by atoms with van der Waals surface area (Å²) in [7, 11) is 1.86. The van der Waals surface area contributed by atoms with Gasteiger partial charge in [0.15, 0.2) is 5.65 Å². The Morgan fingerprint density at radius 3 is 2.74 bits per heavy atom. The van der Waals surface area contributed by atoms with E-state index in [9.17, 15) is 0 Å². The summed E-state index contributed by atoms with van der Waals surface area (Å²) in [5.41, 5.74) is 4.14. The largest absolute Gasteiger partial charge is 0.373 e. The van der Waals surface area contributed by atoms with Crippen molar-refractivity contribution in [2.75, 3.05) is 12.4 Å². The number of pyridine rings is 1. The molecule has 0 saturated heterocycles. The first kappa shape index (κ1) is 11.7. The van der Waals surface area contributed by atoms with Gasteiger partial charge in [0, 0.05) is 12.6 Å². The van der Waals surface area contributed by atoms with Crippen LogP contribution in [-0.4, -0.2) is 22.0 Å². The third kappa shape index (κ3) is 2.05. The average Bonchev–Trinajstić information content (AvgIpc) is 2.89. The van der Waals surface area contributed by atoms with E-state index in [4.69, 9.17) is 0 Å². The van der Waals surface area contributed by atoms with Gasteiger partial charge in [-0.2, -0.15) is 0 Å². The number of aromatic amines is 1. The minimum absolute atomic E-state index is 0.743. The highest BCUT2D eigenvalue weighted by molar-refractivity contribution is 5.78. The Labute approximate surface area is 111 Å². The lowest BCUT2D eigenvalue weighted by atomic mass is 10.1. The van der Waals surface area contributed by atoms with E-state index >= 15 is 0 Å². The van der Waals surface area contributed by atoms with Crippen molar-refractivity contribution in [3.63, 3.8) is 0 Å². The molecule has 2 N–H and O–H groups in total. The molecular weight excluding hydrogens is 236 g/mol. The maximum absolute atomic E-state index is 4.59. The van der Waals surface area contributed by atoms with Gasteiger partial charge in [0.1, 0.15) is 11.6 Å². The number of fused-ring (bicyclic) bond motifs is 1. The zero-order chi connectivity index (χ0) is 13.2. The number of hydrogen-bond donors (Lipinski definition) is 2. The lowest BCUT2D eigenvalue weighted by Gasteiger charge is -2.03. The van der Waals surface area contributed by atoms with Gasteiger partial charge in [0.05, 0.1) is 5.52 Å². The molecule has 0 spiro atoms. The highest BCUT2D eigenvalue weighted by Crippen LogP contribution is 2.24. The normalized spacial score (nSPS) is 10.8. The standard InChI is InChI=1S/C15H16N4/c1-3-10-6-4-5-7-11(10)14-17-12-8-9-13(16-2)18-15(12)19-14/h4-9H,3H2,1-2H3,(H2,16,17,18,19). The van der Waals surface area contributed by atoms with Crippen LogP contribution in [0.3, 0.4) is 0 Å². The van der Waals surface area contributed by atoms with Gasteiger partial charge >= 0.3 is 0 Å². The zero-order valence-corrected chi connectivity index (χ0v) is 11.1. The first-order chi connectivity index (χ1) is 9.31. The number of imidazole rings is 1. The maximum atomic E-state index is 4.59. The topological polar surface area (TPSA) is 53.6 Å². The van der Waals surface area contributed by atoms with Gasteiger partial charge in [-0.1, -0.05) is 31.2 Å². The van der Waals surface area contributed by atoms with Crippen LogP contribution in [0.4, 0.5) is 5.82 Å². The molecule has 0 bridgehead atoms. The lowest BCUT2D eigenvalue weighted by molar-refractivity contribution is 1.13. The summed E-state index contributed by atoms with van der Waals surface area (Å²) >= 11 is 0. The van der Waals surface area contributed by atoms with Gasteiger partial charge in [-0.25, -0.2) is 9.97 Å². The Bertz CT molecular complexity index is 715.